The molecule has 0 spiro atoms. The van der Waals surface area contributed by atoms with Gasteiger partial charge in [0.1, 0.15) is 0 Å². The van der Waals surface area contributed by atoms with E-state index in [1.165, 1.54) is 0 Å². The molecule has 0 fully saturated rings. The van der Waals surface area contributed by atoms with E-state index in [4.69, 9.17) is 13.9 Å². The van der Waals surface area contributed by atoms with Gasteiger partial charge >= 0.3 is 12.2 Å². The number of hydrogen-bond donors (Lipinski definition) is 1. The van der Waals surface area contributed by atoms with E-state index >= 15 is 0 Å². The lowest BCUT2D eigenvalue weighted by atomic mass is 10.1. The van der Waals surface area contributed by atoms with Crippen LogP contribution in [0.5, 0.6) is 11.5 Å². The highest BCUT2D eigenvalue weighted by Crippen LogP contribution is 2.33. The summed E-state index contributed by atoms with van der Waals surface area (Å²) in [6, 6.07) is 9.01. The maximum Gasteiger partial charge on any atom is 0.416 e. The molecule has 144 valence electrons. The number of halogens is 3. The Bertz CT molecular complexity index is 1020. The summed E-state index contributed by atoms with van der Waals surface area (Å²) in [7, 11) is 0. The predicted molar refractivity (Wildman–Crippen MR) is 89.1 cm³/mol. The van der Waals surface area contributed by atoms with Crippen LogP contribution < -0.4 is 14.8 Å². The third kappa shape index (κ3) is 3.75. The zero-order chi connectivity index (χ0) is 19.7. The fourth-order valence-electron chi connectivity index (χ4n) is 2.58. The lowest BCUT2D eigenvalue weighted by Crippen LogP contribution is -2.13. The first kappa shape index (κ1) is 17.8. The quantitative estimate of drug-likeness (QED) is 0.731. The largest absolute Gasteiger partial charge is 0.454 e. The number of hydrogen-bond acceptors (Lipinski definition) is 6. The number of carbonyl (C=O) groups excluding carboxylic acids is 1. The molecule has 7 nitrogen and oxygen atoms in total. The van der Waals surface area contributed by atoms with E-state index in [9.17, 15) is 18.0 Å². The van der Waals surface area contributed by atoms with E-state index < -0.39 is 17.6 Å². The van der Waals surface area contributed by atoms with Crippen molar-refractivity contribution in [2.45, 2.75) is 12.6 Å². The van der Waals surface area contributed by atoms with Crippen LogP contribution in [0.1, 0.15) is 27.4 Å². The highest BCUT2D eigenvalue weighted by atomic mass is 19.4. The first-order chi connectivity index (χ1) is 13.4. The number of anilines is 1. The van der Waals surface area contributed by atoms with Crippen molar-refractivity contribution in [3.63, 3.8) is 0 Å². The molecule has 0 atom stereocenters. The van der Waals surface area contributed by atoms with Crippen LogP contribution in [0, 0.1) is 0 Å². The van der Waals surface area contributed by atoms with Crippen LogP contribution in [0.2, 0.25) is 0 Å². The molecule has 0 saturated heterocycles. The van der Waals surface area contributed by atoms with Gasteiger partial charge in [0.2, 0.25) is 12.7 Å². The Morgan fingerprint density at radius 1 is 1.04 bits per heavy atom. The Kier molecular flexibility index (Phi) is 4.38. The number of rotatable bonds is 4. The second-order valence-corrected chi connectivity index (χ2v) is 5.89. The third-order valence-corrected chi connectivity index (χ3v) is 3.95. The molecule has 4 rings (SSSR count). The minimum Gasteiger partial charge on any atom is -0.454 e. The fourth-order valence-corrected chi connectivity index (χ4v) is 2.58. The Labute approximate surface area is 156 Å². The maximum absolute atomic E-state index is 12.6. The first-order valence-corrected chi connectivity index (χ1v) is 8.08. The van der Waals surface area contributed by atoms with E-state index in [0.717, 1.165) is 29.8 Å². The minimum atomic E-state index is -4.47. The number of fused-ring (bicyclic) bond motifs is 1. The fraction of sp³-hybridized carbons (Fsp3) is 0.167. The molecule has 1 N–H and O–H groups in total. The summed E-state index contributed by atoms with van der Waals surface area (Å²) in [5.74, 6) is 0.861. The van der Waals surface area contributed by atoms with Gasteiger partial charge in [0, 0.05) is 5.56 Å². The highest BCUT2D eigenvalue weighted by molar-refractivity contribution is 6.03. The van der Waals surface area contributed by atoms with Crippen LogP contribution in [0.15, 0.2) is 46.9 Å². The van der Waals surface area contributed by atoms with Gasteiger partial charge in [-0.25, -0.2) is 0 Å². The number of alkyl halides is 3. The zero-order valence-corrected chi connectivity index (χ0v) is 14.1. The van der Waals surface area contributed by atoms with E-state index in [2.05, 4.69) is 15.5 Å². The molecule has 1 aliphatic heterocycles. The van der Waals surface area contributed by atoms with Gasteiger partial charge in [0.15, 0.2) is 11.5 Å². The van der Waals surface area contributed by atoms with Crippen LogP contribution in [-0.4, -0.2) is 22.9 Å². The summed E-state index contributed by atoms with van der Waals surface area (Å²) in [4.78, 5) is 12.1. The van der Waals surface area contributed by atoms with E-state index in [-0.39, 0.29) is 24.3 Å². The lowest BCUT2D eigenvalue weighted by molar-refractivity contribution is -0.137. The molecular weight excluding hydrogens is 379 g/mol. The molecule has 0 bridgehead atoms. The number of amides is 1. The van der Waals surface area contributed by atoms with Crippen molar-refractivity contribution in [2.75, 3.05) is 12.1 Å². The van der Waals surface area contributed by atoms with Crippen molar-refractivity contribution < 1.29 is 31.9 Å². The van der Waals surface area contributed by atoms with Gasteiger partial charge in [-0.05, 0) is 42.0 Å². The summed E-state index contributed by atoms with van der Waals surface area (Å²) in [6.07, 6.45) is -4.16. The van der Waals surface area contributed by atoms with Crippen molar-refractivity contribution in [2.24, 2.45) is 0 Å². The lowest BCUT2D eigenvalue weighted by Gasteiger charge is -2.07. The summed E-state index contributed by atoms with van der Waals surface area (Å²) in [5.41, 5.74) is 0.0323. The topological polar surface area (TPSA) is 86.5 Å². The van der Waals surface area contributed by atoms with Crippen LogP contribution in [0.25, 0.3) is 0 Å². The standard InChI is InChI=1S/C18H12F3N3O4/c19-18(20,21)12-4-2-11(3-5-12)16(25)22-17-24-23-15(28-17)8-10-1-6-13-14(7-10)27-9-26-13/h1-7H,8-9H2,(H,22,24,25). The molecule has 0 saturated carbocycles. The Morgan fingerprint density at radius 3 is 2.54 bits per heavy atom. The van der Waals surface area contributed by atoms with Gasteiger partial charge in [-0.3, -0.25) is 10.1 Å². The maximum atomic E-state index is 12.6. The SMILES string of the molecule is O=C(Nc1nnc(Cc2ccc3c(c2)OCO3)o1)c1ccc(C(F)(F)F)cc1. The van der Waals surface area contributed by atoms with Gasteiger partial charge in [-0.2, -0.15) is 13.2 Å². The average Bonchev–Trinajstić information content (AvgIpc) is 3.30. The molecule has 1 aliphatic rings. The minimum absolute atomic E-state index is 0.0310. The molecule has 0 radical (unpaired) electrons. The number of ether oxygens (including phenoxy) is 2. The normalized spacial score (nSPS) is 12.8. The zero-order valence-electron chi connectivity index (χ0n) is 14.1. The smallest absolute Gasteiger partial charge is 0.416 e. The van der Waals surface area contributed by atoms with Crippen molar-refractivity contribution in [1.82, 2.24) is 10.2 Å². The number of nitrogens with one attached hydrogen (secondary N) is 1. The number of aromatic nitrogens is 2. The van der Waals surface area contributed by atoms with E-state index in [0.29, 0.717) is 17.9 Å². The molecule has 0 aliphatic carbocycles. The molecular formula is C18H12F3N3O4. The second kappa shape index (κ2) is 6.87. The van der Waals surface area contributed by atoms with Crippen molar-refractivity contribution in [3.8, 4) is 11.5 Å². The molecule has 1 aromatic heterocycles. The molecule has 1 amide bonds. The van der Waals surface area contributed by atoms with Crippen LogP contribution in [-0.2, 0) is 12.6 Å². The van der Waals surface area contributed by atoms with Crippen LogP contribution in [0.3, 0.4) is 0 Å². The summed E-state index contributed by atoms with van der Waals surface area (Å²) >= 11 is 0. The second-order valence-electron chi connectivity index (χ2n) is 5.89. The molecule has 2 aromatic carbocycles. The Hall–Kier alpha value is -3.56. The Balaban J connectivity index is 1.41. The van der Waals surface area contributed by atoms with Gasteiger partial charge < -0.3 is 13.9 Å². The Morgan fingerprint density at radius 2 is 1.79 bits per heavy atom. The van der Waals surface area contributed by atoms with Gasteiger partial charge in [-0.1, -0.05) is 11.2 Å². The van der Waals surface area contributed by atoms with Crippen molar-refractivity contribution in [1.29, 1.82) is 0 Å². The number of carbonyl (C=O) groups is 1. The average molecular weight is 391 g/mol. The van der Waals surface area contributed by atoms with Crippen molar-refractivity contribution >= 4 is 11.9 Å². The molecule has 0 unspecified atom stereocenters. The number of nitrogens with zero attached hydrogens (tertiary/aromatic N) is 2. The predicted octanol–water partition coefficient (Wildman–Crippen LogP) is 3.66. The van der Waals surface area contributed by atoms with Gasteiger partial charge in [0.25, 0.3) is 5.91 Å². The molecule has 3 aromatic rings. The van der Waals surface area contributed by atoms with Gasteiger partial charge in [-0.15, -0.1) is 5.10 Å². The third-order valence-electron chi connectivity index (χ3n) is 3.95. The highest BCUT2D eigenvalue weighted by Gasteiger charge is 2.30. The monoisotopic (exact) mass is 391 g/mol. The van der Waals surface area contributed by atoms with E-state index in [1.807, 2.05) is 6.07 Å². The van der Waals surface area contributed by atoms with E-state index in [1.54, 1.807) is 12.1 Å². The van der Waals surface area contributed by atoms with Crippen LogP contribution in [0.4, 0.5) is 19.2 Å². The number of benzene rings is 2. The summed E-state index contributed by atoms with van der Waals surface area (Å²) < 4.78 is 53.6. The van der Waals surface area contributed by atoms with Crippen molar-refractivity contribution in [3.05, 3.63) is 65.0 Å². The van der Waals surface area contributed by atoms with Crippen LogP contribution >= 0.6 is 0 Å². The van der Waals surface area contributed by atoms with Gasteiger partial charge in [0.05, 0.1) is 12.0 Å². The summed E-state index contributed by atoms with van der Waals surface area (Å²) in [6.45, 7) is 0.166. The molecule has 10 heteroatoms. The molecule has 28 heavy (non-hydrogen) atoms. The molecule has 2 heterocycles. The summed E-state index contributed by atoms with van der Waals surface area (Å²) in [5, 5.41) is 9.93. The first-order valence-electron chi connectivity index (χ1n) is 8.08.